The van der Waals surface area contributed by atoms with Crippen molar-refractivity contribution in [2.75, 3.05) is 42.3 Å². The molecule has 0 unspecified atom stereocenters. The van der Waals surface area contributed by atoms with E-state index in [0.29, 0.717) is 12.8 Å². The molecular formula is C19H23N3O2. The lowest BCUT2D eigenvalue weighted by molar-refractivity contribution is -0.116. The quantitative estimate of drug-likeness (QED) is 0.830. The van der Waals surface area contributed by atoms with E-state index >= 15 is 0 Å². The number of hydrogen-bond donors (Lipinski definition) is 2. The Labute approximate surface area is 142 Å². The molecule has 0 atom stereocenters. The van der Waals surface area contributed by atoms with Gasteiger partial charge < -0.3 is 20.7 Å². The predicted molar refractivity (Wildman–Crippen MR) is 97.3 cm³/mol. The molecule has 3 rings (SSSR count). The van der Waals surface area contributed by atoms with Gasteiger partial charge in [0.25, 0.3) is 0 Å². The van der Waals surface area contributed by atoms with Crippen LogP contribution < -0.4 is 16.0 Å². The summed E-state index contributed by atoms with van der Waals surface area (Å²) in [5.74, 6) is 0.0111. The van der Waals surface area contributed by atoms with E-state index in [1.807, 2.05) is 42.5 Å². The number of nitrogens with two attached hydrogens (primary N) is 1. The number of carbonyl (C=O) groups is 1. The molecule has 1 heterocycles. The maximum Gasteiger partial charge on any atom is 0.224 e. The van der Waals surface area contributed by atoms with Gasteiger partial charge in [0, 0.05) is 25.2 Å². The number of nitrogens with zero attached hydrogens (tertiary/aromatic N) is 1. The Kier molecular flexibility index (Phi) is 5.33. The first-order chi connectivity index (χ1) is 11.7. The van der Waals surface area contributed by atoms with E-state index in [4.69, 9.17) is 10.5 Å². The molecule has 2 aromatic carbocycles. The lowest BCUT2D eigenvalue weighted by Gasteiger charge is -2.30. The third-order valence-electron chi connectivity index (χ3n) is 4.14. The van der Waals surface area contributed by atoms with Gasteiger partial charge >= 0.3 is 0 Å². The van der Waals surface area contributed by atoms with Crippen LogP contribution in [-0.4, -0.2) is 32.2 Å². The number of nitrogens with one attached hydrogen (secondary N) is 1. The highest BCUT2D eigenvalue weighted by atomic mass is 16.5. The molecule has 3 N–H and O–H groups in total. The summed E-state index contributed by atoms with van der Waals surface area (Å²) in [6.45, 7) is 3.20. The molecule has 0 saturated carbocycles. The number of aryl methyl sites for hydroxylation is 1. The Bertz CT molecular complexity index is 682. The van der Waals surface area contributed by atoms with Gasteiger partial charge in [-0.2, -0.15) is 0 Å². The van der Waals surface area contributed by atoms with E-state index in [1.165, 1.54) is 0 Å². The second-order valence-corrected chi connectivity index (χ2v) is 5.91. The third kappa shape index (κ3) is 4.26. The van der Waals surface area contributed by atoms with Gasteiger partial charge in [-0.25, -0.2) is 0 Å². The monoisotopic (exact) mass is 325 g/mol. The number of amides is 1. The Morgan fingerprint density at radius 3 is 2.58 bits per heavy atom. The first-order valence-electron chi connectivity index (χ1n) is 8.28. The number of carbonyl (C=O) groups excluding carboxylic acids is 1. The van der Waals surface area contributed by atoms with Crippen LogP contribution in [-0.2, 0) is 16.0 Å². The summed E-state index contributed by atoms with van der Waals surface area (Å²) < 4.78 is 5.37. The standard InChI is InChI=1S/C19H23N3O2/c20-17-14-15(6-8-18(17)22-10-12-24-13-11-22)7-9-19(23)21-16-4-2-1-3-5-16/h1-6,8,14H,7,9-13,20H2,(H,21,23). The minimum Gasteiger partial charge on any atom is -0.397 e. The van der Waals surface area contributed by atoms with Crippen molar-refractivity contribution in [2.24, 2.45) is 0 Å². The third-order valence-corrected chi connectivity index (χ3v) is 4.14. The van der Waals surface area contributed by atoms with Crippen LogP contribution in [0.4, 0.5) is 17.1 Å². The fraction of sp³-hybridized carbons (Fsp3) is 0.316. The van der Waals surface area contributed by atoms with Gasteiger partial charge in [0.1, 0.15) is 0 Å². The molecule has 1 aliphatic rings. The van der Waals surface area contributed by atoms with Crippen LogP contribution >= 0.6 is 0 Å². The molecule has 24 heavy (non-hydrogen) atoms. The summed E-state index contributed by atoms with van der Waals surface area (Å²) in [4.78, 5) is 14.3. The van der Waals surface area contributed by atoms with Crippen molar-refractivity contribution >= 4 is 23.0 Å². The molecule has 0 aliphatic carbocycles. The van der Waals surface area contributed by atoms with Gasteiger partial charge in [-0.15, -0.1) is 0 Å². The maximum atomic E-state index is 12.0. The van der Waals surface area contributed by atoms with Crippen molar-refractivity contribution in [1.29, 1.82) is 0 Å². The molecule has 1 fully saturated rings. The van der Waals surface area contributed by atoms with E-state index in [9.17, 15) is 4.79 Å². The van der Waals surface area contributed by atoms with E-state index < -0.39 is 0 Å². The fourth-order valence-electron chi connectivity index (χ4n) is 2.85. The highest BCUT2D eigenvalue weighted by molar-refractivity contribution is 5.90. The predicted octanol–water partition coefficient (Wildman–Crippen LogP) is 2.68. The Morgan fingerprint density at radius 2 is 1.88 bits per heavy atom. The molecule has 126 valence electrons. The molecule has 0 aromatic heterocycles. The molecule has 1 aliphatic heterocycles. The van der Waals surface area contributed by atoms with Gasteiger partial charge in [0.15, 0.2) is 0 Å². The first-order valence-corrected chi connectivity index (χ1v) is 8.28. The topological polar surface area (TPSA) is 67.6 Å². The zero-order valence-corrected chi connectivity index (χ0v) is 13.7. The molecular weight excluding hydrogens is 302 g/mol. The van der Waals surface area contributed by atoms with Crippen LogP contribution in [0.3, 0.4) is 0 Å². The molecule has 0 radical (unpaired) electrons. The minimum absolute atomic E-state index is 0.0111. The summed E-state index contributed by atoms with van der Waals surface area (Å²) in [5.41, 5.74) is 9.91. The van der Waals surface area contributed by atoms with Crippen LogP contribution in [0.25, 0.3) is 0 Å². The summed E-state index contributed by atoms with van der Waals surface area (Å²) in [6.07, 6.45) is 1.11. The summed E-state index contributed by atoms with van der Waals surface area (Å²) in [5, 5.41) is 2.90. The Balaban J connectivity index is 1.55. The van der Waals surface area contributed by atoms with Crippen molar-refractivity contribution in [2.45, 2.75) is 12.8 Å². The Hall–Kier alpha value is -2.53. The first kappa shape index (κ1) is 16.3. The van der Waals surface area contributed by atoms with Crippen LogP contribution in [0.2, 0.25) is 0 Å². The van der Waals surface area contributed by atoms with E-state index in [-0.39, 0.29) is 5.91 Å². The average Bonchev–Trinajstić information content (AvgIpc) is 2.62. The van der Waals surface area contributed by atoms with Crippen molar-refractivity contribution in [1.82, 2.24) is 0 Å². The molecule has 5 heteroatoms. The molecule has 1 saturated heterocycles. The lowest BCUT2D eigenvalue weighted by atomic mass is 10.1. The summed E-state index contributed by atoms with van der Waals surface area (Å²) in [7, 11) is 0. The fourth-order valence-corrected chi connectivity index (χ4v) is 2.85. The second-order valence-electron chi connectivity index (χ2n) is 5.91. The lowest BCUT2D eigenvalue weighted by Crippen LogP contribution is -2.36. The number of rotatable bonds is 5. The van der Waals surface area contributed by atoms with E-state index in [2.05, 4.69) is 16.3 Å². The number of benzene rings is 2. The highest BCUT2D eigenvalue weighted by Gasteiger charge is 2.14. The number of para-hydroxylation sites is 1. The van der Waals surface area contributed by atoms with E-state index in [0.717, 1.165) is 48.9 Å². The van der Waals surface area contributed by atoms with Crippen LogP contribution in [0.1, 0.15) is 12.0 Å². The summed E-state index contributed by atoms with van der Waals surface area (Å²) >= 11 is 0. The average molecular weight is 325 g/mol. The second kappa shape index (κ2) is 7.84. The number of nitrogen functional groups attached to an aromatic ring is 1. The van der Waals surface area contributed by atoms with Crippen LogP contribution in [0.15, 0.2) is 48.5 Å². The molecule has 0 spiro atoms. The number of anilines is 3. The van der Waals surface area contributed by atoms with Gasteiger partial charge in [0.2, 0.25) is 5.91 Å². The SMILES string of the molecule is Nc1cc(CCC(=O)Nc2ccccc2)ccc1N1CCOCC1. The number of hydrogen-bond acceptors (Lipinski definition) is 4. The minimum atomic E-state index is 0.0111. The smallest absolute Gasteiger partial charge is 0.224 e. The zero-order valence-electron chi connectivity index (χ0n) is 13.7. The Morgan fingerprint density at radius 1 is 1.12 bits per heavy atom. The number of morpholine rings is 1. The molecule has 5 nitrogen and oxygen atoms in total. The molecule has 0 bridgehead atoms. The summed E-state index contributed by atoms with van der Waals surface area (Å²) in [6, 6.07) is 15.6. The highest BCUT2D eigenvalue weighted by Crippen LogP contribution is 2.25. The molecule has 2 aromatic rings. The van der Waals surface area contributed by atoms with Crippen LogP contribution in [0.5, 0.6) is 0 Å². The maximum absolute atomic E-state index is 12.0. The normalized spacial score (nSPS) is 14.4. The van der Waals surface area contributed by atoms with E-state index in [1.54, 1.807) is 0 Å². The molecule has 1 amide bonds. The van der Waals surface area contributed by atoms with Gasteiger partial charge in [-0.3, -0.25) is 4.79 Å². The van der Waals surface area contributed by atoms with Crippen molar-refractivity contribution < 1.29 is 9.53 Å². The van der Waals surface area contributed by atoms with Crippen molar-refractivity contribution in [3.05, 3.63) is 54.1 Å². The largest absolute Gasteiger partial charge is 0.397 e. The number of ether oxygens (including phenoxy) is 1. The van der Waals surface area contributed by atoms with Gasteiger partial charge in [-0.05, 0) is 36.2 Å². The van der Waals surface area contributed by atoms with Crippen molar-refractivity contribution in [3.63, 3.8) is 0 Å². The van der Waals surface area contributed by atoms with Crippen LogP contribution in [0, 0.1) is 0 Å². The van der Waals surface area contributed by atoms with Gasteiger partial charge in [-0.1, -0.05) is 24.3 Å². The zero-order chi connectivity index (χ0) is 16.8. The van der Waals surface area contributed by atoms with Crippen molar-refractivity contribution in [3.8, 4) is 0 Å². The van der Waals surface area contributed by atoms with Gasteiger partial charge in [0.05, 0.1) is 24.6 Å².